The quantitative estimate of drug-likeness (QED) is 0.592. The van der Waals surface area contributed by atoms with Crippen LogP contribution in [0.25, 0.3) is 16.3 Å². The van der Waals surface area contributed by atoms with Crippen molar-refractivity contribution in [2.45, 2.75) is 19.8 Å². The molecule has 2 aliphatic rings. The molecule has 5 rings (SSSR count). The van der Waals surface area contributed by atoms with Crippen molar-refractivity contribution in [2.75, 3.05) is 31.1 Å². The Kier molecular flexibility index (Phi) is 5.82. The van der Waals surface area contributed by atoms with Gasteiger partial charge in [0, 0.05) is 49.4 Å². The molecule has 1 saturated heterocycles. The molecule has 2 amide bonds. The summed E-state index contributed by atoms with van der Waals surface area (Å²) >= 11 is 0. The number of hydrogen-bond donors (Lipinski definition) is 0. The van der Waals surface area contributed by atoms with E-state index in [1.54, 1.807) is 4.90 Å². The molecule has 33 heavy (non-hydrogen) atoms. The van der Waals surface area contributed by atoms with Crippen molar-refractivity contribution in [3.8, 4) is 5.75 Å². The third-order valence-corrected chi connectivity index (χ3v) is 6.47. The minimum atomic E-state index is -0.332. The van der Waals surface area contributed by atoms with E-state index in [1.165, 1.54) is 11.0 Å². The molecule has 3 aromatic rings. The van der Waals surface area contributed by atoms with Gasteiger partial charge in [-0.2, -0.15) is 0 Å². The monoisotopic (exact) mass is 441 g/mol. The Morgan fingerprint density at radius 1 is 1.12 bits per heavy atom. The number of amides is 2. The van der Waals surface area contributed by atoms with Crippen LogP contribution in [0, 0.1) is 5.92 Å². The molecule has 0 radical (unpaired) electrons. The lowest BCUT2D eigenvalue weighted by molar-refractivity contribution is -0.135. The number of rotatable bonds is 5. The molecule has 0 bridgehead atoms. The van der Waals surface area contributed by atoms with Gasteiger partial charge in [-0.25, -0.2) is 0 Å². The summed E-state index contributed by atoms with van der Waals surface area (Å²) in [5, 5.41) is 2.30. The van der Waals surface area contributed by atoms with Gasteiger partial charge in [-0.3, -0.25) is 14.6 Å². The fraction of sp³-hybridized carbons (Fsp3) is 0.296. The van der Waals surface area contributed by atoms with Crippen LogP contribution in [0.15, 0.2) is 67.0 Å². The number of para-hydroxylation sites is 2. The molecule has 0 spiro atoms. The van der Waals surface area contributed by atoms with E-state index >= 15 is 0 Å². The highest BCUT2D eigenvalue weighted by molar-refractivity contribution is 6.01. The van der Waals surface area contributed by atoms with Crippen LogP contribution in [0.5, 0.6) is 5.75 Å². The predicted octanol–water partition coefficient (Wildman–Crippen LogP) is 4.30. The second-order valence-electron chi connectivity index (χ2n) is 8.48. The number of aromatic nitrogens is 1. The average Bonchev–Trinajstić information content (AvgIpc) is 3.25. The van der Waals surface area contributed by atoms with Crippen molar-refractivity contribution in [3.05, 3.63) is 72.6 Å². The van der Waals surface area contributed by atoms with Crippen molar-refractivity contribution in [1.82, 2.24) is 9.88 Å². The molecule has 0 aliphatic carbocycles. The van der Waals surface area contributed by atoms with Crippen LogP contribution in [0.3, 0.4) is 0 Å². The van der Waals surface area contributed by atoms with Gasteiger partial charge in [0.1, 0.15) is 5.75 Å². The van der Waals surface area contributed by atoms with Crippen molar-refractivity contribution in [3.63, 3.8) is 0 Å². The molecule has 1 aromatic heterocycles. The standard InChI is InChI=1S/C27H27N3O3/c1-2-33-25-10-6-5-9-24(25)30-18-21(15-26(30)31)27(32)29-13-11-19(12-14-29)23-17-28-16-20-7-3-4-8-22(20)23/h3-11,16-17,21H,2,12-15,18H2,1H3/t21-/m0/s1. The Morgan fingerprint density at radius 2 is 1.94 bits per heavy atom. The first kappa shape index (κ1) is 21.2. The highest BCUT2D eigenvalue weighted by Crippen LogP contribution is 2.34. The smallest absolute Gasteiger partial charge is 0.228 e. The van der Waals surface area contributed by atoms with E-state index in [4.69, 9.17) is 4.74 Å². The summed E-state index contributed by atoms with van der Waals surface area (Å²) in [5.41, 5.74) is 3.09. The largest absolute Gasteiger partial charge is 0.492 e. The Hall–Kier alpha value is -3.67. The van der Waals surface area contributed by atoms with Gasteiger partial charge >= 0.3 is 0 Å². The molecule has 168 valence electrons. The summed E-state index contributed by atoms with van der Waals surface area (Å²) in [6.45, 7) is 4.03. The molecule has 0 N–H and O–H groups in total. The molecule has 2 aromatic carbocycles. The minimum absolute atomic E-state index is 0.0319. The summed E-state index contributed by atoms with van der Waals surface area (Å²) in [5.74, 6) is 0.360. The number of benzene rings is 2. The predicted molar refractivity (Wildman–Crippen MR) is 129 cm³/mol. The van der Waals surface area contributed by atoms with Gasteiger partial charge < -0.3 is 14.5 Å². The molecule has 3 heterocycles. The Bertz CT molecular complexity index is 1230. The van der Waals surface area contributed by atoms with E-state index in [0.717, 1.165) is 23.1 Å². The maximum absolute atomic E-state index is 13.3. The number of nitrogens with zero attached hydrogens (tertiary/aromatic N) is 3. The Morgan fingerprint density at radius 3 is 2.76 bits per heavy atom. The van der Waals surface area contributed by atoms with Crippen molar-refractivity contribution in [1.29, 1.82) is 0 Å². The fourth-order valence-electron chi connectivity index (χ4n) is 4.81. The summed E-state index contributed by atoms with van der Waals surface area (Å²) in [4.78, 5) is 34.0. The molecular weight excluding hydrogens is 414 g/mol. The number of hydrogen-bond acceptors (Lipinski definition) is 4. The first-order chi connectivity index (χ1) is 16.2. The maximum atomic E-state index is 13.3. The van der Waals surface area contributed by atoms with E-state index in [-0.39, 0.29) is 24.2 Å². The van der Waals surface area contributed by atoms with E-state index in [1.807, 2.05) is 60.6 Å². The number of pyridine rings is 1. The number of anilines is 1. The van der Waals surface area contributed by atoms with Crippen LogP contribution < -0.4 is 9.64 Å². The van der Waals surface area contributed by atoms with Crippen molar-refractivity contribution in [2.24, 2.45) is 5.92 Å². The lowest BCUT2D eigenvalue weighted by Crippen LogP contribution is -2.40. The second-order valence-corrected chi connectivity index (χ2v) is 8.48. The van der Waals surface area contributed by atoms with E-state index in [9.17, 15) is 9.59 Å². The number of fused-ring (bicyclic) bond motifs is 1. The number of carbonyl (C=O) groups is 2. The molecule has 0 unspecified atom stereocenters. The van der Waals surface area contributed by atoms with Crippen LogP contribution in [0.2, 0.25) is 0 Å². The van der Waals surface area contributed by atoms with Gasteiger partial charge in [-0.05, 0) is 36.4 Å². The number of ether oxygens (including phenoxy) is 1. The molecular formula is C27H27N3O3. The lowest BCUT2D eigenvalue weighted by atomic mass is 9.95. The van der Waals surface area contributed by atoms with Gasteiger partial charge in [0.05, 0.1) is 18.2 Å². The highest BCUT2D eigenvalue weighted by atomic mass is 16.5. The zero-order chi connectivity index (χ0) is 22.8. The van der Waals surface area contributed by atoms with Gasteiger partial charge in [0.15, 0.2) is 0 Å². The second kappa shape index (κ2) is 9.06. The van der Waals surface area contributed by atoms with Crippen LogP contribution in [0.1, 0.15) is 25.3 Å². The summed E-state index contributed by atoms with van der Waals surface area (Å²) < 4.78 is 5.69. The zero-order valence-electron chi connectivity index (χ0n) is 18.7. The zero-order valence-corrected chi connectivity index (χ0v) is 18.7. The van der Waals surface area contributed by atoms with Crippen molar-refractivity contribution >= 4 is 33.8 Å². The summed E-state index contributed by atoms with van der Waals surface area (Å²) in [6, 6.07) is 15.8. The SMILES string of the molecule is CCOc1ccccc1N1C[C@@H](C(=O)N2CC=C(c3cncc4ccccc34)CC2)CC1=O. The van der Waals surface area contributed by atoms with Crippen LogP contribution in [-0.4, -0.2) is 47.9 Å². The third kappa shape index (κ3) is 4.09. The van der Waals surface area contributed by atoms with Crippen LogP contribution >= 0.6 is 0 Å². The Balaban J connectivity index is 1.30. The molecule has 6 heteroatoms. The summed E-state index contributed by atoms with van der Waals surface area (Å²) in [7, 11) is 0. The third-order valence-electron chi connectivity index (χ3n) is 6.47. The fourth-order valence-corrected chi connectivity index (χ4v) is 4.81. The minimum Gasteiger partial charge on any atom is -0.492 e. The van der Waals surface area contributed by atoms with Crippen LogP contribution in [0.4, 0.5) is 5.69 Å². The van der Waals surface area contributed by atoms with E-state index < -0.39 is 0 Å². The van der Waals surface area contributed by atoms with Crippen molar-refractivity contribution < 1.29 is 14.3 Å². The van der Waals surface area contributed by atoms with E-state index in [2.05, 4.69) is 23.2 Å². The maximum Gasteiger partial charge on any atom is 0.228 e. The first-order valence-electron chi connectivity index (χ1n) is 11.5. The average molecular weight is 442 g/mol. The topological polar surface area (TPSA) is 62.7 Å². The van der Waals surface area contributed by atoms with Crippen LogP contribution in [-0.2, 0) is 9.59 Å². The summed E-state index contributed by atoms with van der Waals surface area (Å²) in [6.07, 6.45) is 6.93. The van der Waals surface area contributed by atoms with E-state index in [0.29, 0.717) is 32.0 Å². The van der Waals surface area contributed by atoms with Gasteiger partial charge in [0.25, 0.3) is 0 Å². The molecule has 1 fully saturated rings. The van der Waals surface area contributed by atoms with Gasteiger partial charge in [0.2, 0.25) is 11.8 Å². The number of carbonyl (C=O) groups excluding carboxylic acids is 2. The Labute approximate surface area is 193 Å². The van der Waals surface area contributed by atoms with Gasteiger partial charge in [-0.15, -0.1) is 0 Å². The lowest BCUT2D eigenvalue weighted by Gasteiger charge is -2.29. The molecule has 1 atom stereocenters. The molecule has 6 nitrogen and oxygen atoms in total. The molecule has 0 saturated carbocycles. The van der Waals surface area contributed by atoms with Gasteiger partial charge in [-0.1, -0.05) is 42.5 Å². The first-order valence-corrected chi connectivity index (χ1v) is 11.5. The normalized spacial score (nSPS) is 18.5. The highest BCUT2D eigenvalue weighted by Gasteiger charge is 2.38. The molecule has 2 aliphatic heterocycles.